The summed E-state index contributed by atoms with van der Waals surface area (Å²) in [7, 11) is 0. The highest BCUT2D eigenvalue weighted by Crippen LogP contribution is 2.38. The Kier molecular flexibility index (Phi) is 6.34. The van der Waals surface area contributed by atoms with Crippen LogP contribution in [0.25, 0.3) is 99.3 Å². The van der Waals surface area contributed by atoms with Crippen LogP contribution in [0.4, 0.5) is 0 Å². The van der Waals surface area contributed by atoms with Crippen LogP contribution in [0, 0.1) is 0 Å². The van der Waals surface area contributed by atoms with Gasteiger partial charge < -0.3 is 14.2 Å². The Hall–Kier alpha value is -7.24. The number of phenolic OH excluding ortho intramolecular Hbond substituents is 1. The van der Waals surface area contributed by atoms with Crippen molar-refractivity contribution in [2.24, 2.45) is 0 Å². The van der Waals surface area contributed by atoms with E-state index in [1.165, 1.54) is 32.6 Å². The van der Waals surface area contributed by atoms with Crippen molar-refractivity contribution in [3.05, 3.63) is 176 Å². The molecule has 248 valence electrons. The molecular formula is C48H30N4O. The lowest BCUT2D eigenvalue weighted by atomic mass is 10.0. The molecule has 11 rings (SSSR count). The van der Waals surface area contributed by atoms with Gasteiger partial charge in [0, 0.05) is 54.8 Å². The molecule has 0 atom stereocenters. The quantitative estimate of drug-likeness (QED) is 0.189. The number of pyridine rings is 2. The monoisotopic (exact) mass is 678 g/mol. The van der Waals surface area contributed by atoms with Crippen LogP contribution in [0.2, 0.25) is 0 Å². The Morgan fingerprint density at radius 2 is 0.887 bits per heavy atom. The van der Waals surface area contributed by atoms with Gasteiger partial charge in [0.2, 0.25) is 0 Å². The largest absolute Gasteiger partial charge is 0.507 e. The predicted octanol–water partition coefficient (Wildman–Crippen LogP) is 12.0. The predicted molar refractivity (Wildman–Crippen MR) is 218 cm³/mol. The first kappa shape index (κ1) is 29.5. The van der Waals surface area contributed by atoms with Gasteiger partial charge in [-0.05, 0) is 72.8 Å². The summed E-state index contributed by atoms with van der Waals surface area (Å²) in [5.41, 5.74) is 11.8. The highest BCUT2D eigenvalue weighted by atomic mass is 16.3. The van der Waals surface area contributed by atoms with Gasteiger partial charge in [0.1, 0.15) is 5.75 Å². The summed E-state index contributed by atoms with van der Waals surface area (Å²) in [6.45, 7) is 0. The van der Waals surface area contributed by atoms with E-state index in [0.29, 0.717) is 11.3 Å². The Labute approximate surface area is 304 Å². The molecule has 5 nitrogen and oxygen atoms in total. The van der Waals surface area contributed by atoms with Crippen LogP contribution in [-0.4, -0.2) is 24.2 Å². The van der Waals surface area contributed by atoms with E-state index in [0.717, 1.165) is 55.5 Å². The first-order valence-corrected chi connectivity index (χ1v) is 17.8. The summed E-state index contributed by atoms with van der Waals surface area (Å²) >= 11 is 0. The Morgan fingerprint density at radius 3 is 1.55 bits per heavy atom. The van der Waals surface area contributed by atoms with Crippen LogP contribution in [0.3, 0.4) is 0 Å². The van der Waals surface area contributed by atoms with Crippen molar-refractivity contribution in [3.63, 3.8) is 0 Å². The number of para-hydroxylation sites is 4. The highest BCUT2D eigenvalue weighted by Gasteiger charge is 2.17. The molecule has 11 aromatic rings. The molecule has 4 aromatic heterocycles. The number of nitrogens with zero attached hydrogens (tertiary/aromatic N) is 4. The third-order valence-corrected chi connectivity index (χ3v) is 10.6. The van der Waals surface area contributed by atoms with Gasteiger partial charge in [-0.25, -0.2) is 9.97 Å². The number of aromatic nitrogens is 4. The van der Waals surface area contributed by atoms with Gasteiger partial charge in [-0.1, -0.05) is 103 Å². The zero-order valence-corrected chi connectivity index (χ0v) is 28.5. The van der Waals surface area contributed by atoms with Gasteiger partial charge in [-0.3, -0.25) is 0 Å². The van der Waals surface area contributed by atoms with Gasteiger partial charge in [-0.2, -0.15) is 0 Å². The third kappa shape index (κ3) is 4.51. The van der Waals surface area contributed by atoms with Crippen molar-refractivity contribution in [1.82, 2.24) is 19.1 Å². The number of rotatable bonds is 4. The first-order valence-electron chi connectivity index (χ1n) is 17.8. The molecule has 0 aliphatic heterocycles. The molecule has 4 heterocycles. The fourth-order valence-corrected chi connectivity index (χ4v) is 8.15. The second-order valence-electron chi connectivity index (χ2n) is 13.6. The molecular weight excluding hydrogens is 649 g/mol. The summed E-state index contributed by atoms with van der Waals surface area (Å²) in [6.07, 6.45) is 0. The molecule has 0 fully saturated rings. The van der Waals surface area contributed by atoms with Gasteiger partial charge in [0.15, 0.2) is 0 Å². The molecule has 0 aliphatic carbocycles. The second kappa shape index (κ2) is 11.4. The fourth-order valence-electron chi connectivity index (χ4n) is 8.15. The summed E-state index contributed by atoms with van der Waals surface area (Å²) in [5.74, 6) is 0.207. The molecule has 53 heavy (non-hydrogen) atoms. The van der Waals surface area contributed by atoms with Gasteiger partial charge >= 0.3 is 0 Å². The topological polar surface area (TPSA) is 55.9 Å². The number of benzene rings is 7. The maximum atomic E-state index is 10.6. The van der Waals surface area contributed by atoms with Crippen molar-refractivity contribution in [2.75, 3.05) is 0 Å². The van der Waals surface area contributed by atoms with Crippen LogP contribution in [0.1, 0.15) is 0 Å². The molecule has 0 aliphatic rings. The van der Waals surface area contributed by atoms with E-state index in [1.54, 1.807) is 6.07 Å². The van der Waals surface area contributed by atoms with Gasteiger partial charge in [0.25, 0.3) is 0 Å². The third-order valence-electron chi connectivity index (χ3n) is 10.6. The summed E-state index contributed by atoms with van der Waals surface area (Å²) in [6, 6.07) is 61.1. The van der Waals surface area contributed by atoms with Crippen molar-refractivity contribution in [2.45, 2.75) is 0 Å². The van der Waals surface area contributed by atoms with Crippen molar-refractivity contribution >= 4 is 65.4 Å². The van der Waals surface area contributed by atoms with Crippen LogP contribution in [0.15, 0.2) is 176 Å². The fraction of sp³-hybridized carbons (Fsp3) is 0. The lowest BCUT2D eigenvalue weighted by Crippen LogP contribution is -1.96. The van der Waals surface area contributed by atoms with Crippen LogP contribution < -0.4 is 0 Å². The molecule has 0 bridgehead atoms. The molecule has 5 heteroatoms. The maximum Gasteiger partial charge on any atom is 0.124 e. The summed E-state index contributed by atoms with van der Waals surface area (Å²) < 4.78 is 4.74. The van der Waals surface area contributed by atoms with Gasteiger partial charge in [0.05, 0.1) is 44.5 Å². The molecule has 0 radical (unpaired) electrons. The first-order chi connectivity index (χ1) is 26.2. The minimum Gasteiger partial charge on any atom is -0.507 e. The number of hydrogen-bond donors (Lipinski definition) is 1. The number of fused-ring (bicyclic) bond motifs is 9. The maximum absolute atomic E-state index is 10.6. The highest BCUT2D eigenvalue weighted by molar-refractivity contribution is 6.12. The van der Waals surface area contributed by atoms with E-state index in [9.17, 15) is 5.11 Å². The van der Waals surface area contributed by atoms with Crippen LogP contribution >= 0.6 is 0 Å². The number of phenols is 1. The molecule has 0 amide bonds. The van der Waals surface area contributed by atoms with Crippen LogP contribution in [0.5, 0.6) is 5.75 Å². The van der Waals surface area contributed by atoms with E-state index >= 15 is 0 Å². The van der Waals surface area contributed by atoms with E-state index in [2.05, 4.69) is 149 Å². The Balaban J connectivity index is 1.07. The van der Waals surface area contributed by atoms with E-state index < -0.39 is 0 Å². The van der Waals surface area contributed by atoms with E-state index in [-0.39, 0.29) is 5.75 Å². The minimum absolute atomic E-state index is 0.207. The molecule has 0 spiro atoms. The average molecular weight is 679 g/mol. The summed E-state index contributed by atoms with van der Waals surface area (Å²) in [5, 5.41) is 17.5. The smallest absolute Gasteiger partial charge is 0.124 e. The molecule has 1 N–H and O–H groups in total. The zero-order valence-electron chi connectivity index (χ0n) is 28.5. The molecule has 7 aromatic carbocycles. The van der Waals surface area contributed by atoms with Crippen LogP contribution in [-0.2, 0) is 0 Å². The van der Waals surface area contributed by atoms with E-state index in [1.807, 2.05) is 30.3 Å². The Bertz CT molecular complexity index is 3210. The molecule has 0 unspecified atom stereocenters. The molecule has 0 saturated heterocycles. The van der Waals surface area contributed by atoms with Crippen molar-refractivity contribution < 1.29 is 5.11 Å². The lowest BCUT2D eigenvalue weighted by Gasteiger charge is -2.12. The number of aromatic hydroxyl groups is 1. The van der Waals surface area contributed by atoms with Crippen molar-refractivity contribution in [1.29, 1.82) is 0 Å². The Morgan fingerprint density at radius 1 is 0.377 bits per heavy atom. The van der Waals surface area contributed by atoms with Crippen molar-refractivity contribution in [3.8, 4) is 39.6 Å². The SMILES string of the molecule is Oc1ccccc1-c1ccc2ccc3ccc(-c4cccc(-n5c6ccccc6c6cc(-n7c8ccccc8c8ccccc87)ccc65)c4)nc3c2n1. The van der Waals surface area contributed by atoms with E-state index in [4.69, 9.17) is 9.97 Å². The molecule has 0 saturated carbocycles. The normalized spacial score (nSPS) is 11.8. The minimum atomic E-state index is 0.207. The zero-order chi connectivity index (χ0) is 35.0. The summed E-state index contributed by atoms with van der Waals surface area (Å²) in [4.78, 5) is 10.3. The average Bonchev–Trinajstić information content (AvgIpc) is 3.73. The lowest BCUT2D eigenvalue weighted by molar-refractivity contribution is 0.477. The second-order valence-corrected chi connectivity index (χ2v) is 13.6. The standard InChI is InChI=1S/C48H30N4O/c53-46-19-8-4-15-38(46)41-26-23-31-21-20-30-22-25-40(49-47(30)48(31)50-41)32-10-9-11-33(28-32)51-44-18-7-3-14-37(44)39-29-34(24-27-45(39)51)52-42-16-5-1-12-35(42)36-13-2-6-17-43(36)52/h1-29,53H. The number of hydrogen-bond acceptors (Lipinski definition) is 3. The van der Waals surface area contributed by atoms with Gasteiger partial charge in [-0.15, -0.1) is 0 Å².